The van der Waals surface area contributed by atoms with Crippen LogP contribution in [0.2, 0.25) is 0 Å². The van der Waals surface area contributed by atoms with Crippen LogP contribution in [0.3, 0.4) is 0 Å². The van der Waals surface area contributed by atoms with E-state index in [-0.39, 0.29) is 12.0 Å². The van der Waals surface area contributed by atoms with Crippen molar-refractivity contribution in [2.75, 3.05) is 32.9 Å². The lowest BCUT2D eigenvalue weighted by molar-refractivity contribution is -0.149. The van der Waals surface area contributed by atoms with Crippen LogP contribution in [0.15, 0.2) is 30.3 Å². The van der Waals surface area contributed by atoms with Gasteiger partial charge in [0.1, 0.15) is 5.82 Å². The van der Waals surface area contributed by atoms with Gasteiger partial charge >= 0.3 is 0 Å². The fraction of sp³-hybridized carbons (Fsp3) is 0.526. The summed E-state index contributed by atoms with van der Waals surface area (Å²) in [6.45, 7) is 5.57. The van der Waals surface area contributed by atoms with Gasteiger partial charge in [-0.3, -0.25) is 4.90 Å². The van der Waals surface area contributed by atoms with Gasteiger partial charge in [-0.1, -0.05) is 30.3 Å². The van der Waals surface area contributed by atoms with E-state index in [9.17, 15) is 5.11 Å². The summed E-state index contributed by atoms with van der Waals surface area (Å²) in [4.78, 5) is 10.9. The first-order valence-corrected chi connectivity index (χ1v) is 8.75. The van der Waals surface area contributed by atoms with Crippen LogP contribution in [0.1, 0.15) is 30.4 Å². The Balaban J connectivity index is 1.57. The Hall–Kier alpha value is -1.69. The van der Waals surface area contributed by atoms with E-state index in [0.717, 1.165) is 42.3 Å². The third-order valence-electron chi connectivity index (χ3n) is 5.32. The van der Waals surface area contributed by atoms with Crippen molar-refractivity contribution in [1.82, 2.24) is 14.9 Å². The maximum absolute atomic E-state index is 9.72. The number of benzene rings is 1. The molecule has 2 saturated heterocycles. The smallest absolute Gasteiger partial charge is 0.124 e. The average molecular weight is 327 g/mol. The van der Waals surface area contributed by atoms with Gasteiger partial charge in [0.2, 0.25) is 0 Å². The lowest BCUT2D eigenvalue weighted by Gasteiger charge is -2.43. The fourth-order valence-electron chi connectivity index (χ4n) is 3.90. The molecule has 1 atom stereocenters. The number of ether oxygens (including phenoxy) is 1. The Kier molecular flexibility index (Phi) is 4.16. The predicted molar refractivity (Wildman–Crippen MR) is 92.6 cm³/mol. The minimum absolute atomic E-state index is 0.0769. The highest BCUT2D eigenvalue weighted by atomic mass is 16.5. The third kappa shape index (κ3) is 2.77. The number of aromatic amines is 1. The summed E-state index contributed by atoms with van der Waals surface area (Å²) in [6, 6.07) is 10.6. The molecule has 0 aliphatic carbocycles. The van der Waals surface area contributed by atoms with Gasteiger partial charge < -0.3 is 14.8 Å². The first-order valence-electron chi connectivity index (χ1n) is 8.75. The zero-order valence-corrected chi connectivity index (χ0v) is 14.2. The predicted octanol–water partition coefficient (Wildman–Crippen LogP) is 2.53. The number of aryl methyl sites for hydroxylation is 1. The van der Waals surface area contributed by atoms with Crippen molar-refractivity contribution in [2.45, 2.75) is 25.8 Å². The van der Waals surface area contributed by atoms with E-state index in [1.807, 2.05) is 18.2 Å². The SMILES string of the molecule is Cc1[nH]c(C2CCCN2CC2(CO)COC2)nc1-c1ccccc1. The second-order valence-electron chi connectivity index (χ2n) is 7.24. The molecule has 2 fully saturated rings. The molecule has 5 nitrogen and oxygen atoms in total. The van der Waals surface area contributed by atoms with E-state index in [2.05, 4.69) is 28.9 Å². The standard InChI is InChI=1S/C19H25N3O2/c1-14-17(15-6-3-2-4-7-15)21-18(20-14)16-8-5-9-22(16)10-19(11-23)12-24-13-19/h2-4,6-7,16,23H,5,8-13H2,1H3,(H,20,21). The van der Waals surface area contributed by atoms with Gasteiger partial charge in [0, 0.05) is 17.8 Å². The van der Waals surface area contributed by atoms with Crippen LogP contribution in [-0.4, -0.2) is 52.9 Å². The summed E-state index contributed by atoms with van der Waals surface area (Å²) in [5.74, 6) is 1.05. The minimum atomic E-state index is -0.0769. The minimum Gasteiger partial charge on any atom is -0.396 e. The van der Waals surface area contributed by atoms with Crippen LogP contribution in [-0.2, 0) is 4.74 Å². The number of aliphatic hydroxyl groups excluding tert-OH is 1. The Labute approximate surface area is 142 Å². The Morgan fingerprint density at radius 1 is 1.33 bits per heavy atom. The Bertz CT molecular complexity index is 688. The molecule has 0 spiro atoms. The molecule has 2 N–H and O–H groups in total. The van der Waals surface area contributed by atoms with Crippen molar-refractivity contribution >= 4 is 0 Å². The molecule has 4 rings (SSSR count). The lowest BCUT2D eigenvalue weighted by Crippen LogP contribution is -2.53. The number of aromatic nitrogens is 2. The fourth-order valence-corrected chi connectivity index (χ4v) is 3.90. The number of likely N-dealkylation sites (tertiary alicyclic amines) is 1. The average Bonchev–Trinajstić information content (AvgIpc) is 3.18. The van der Waals surface area contributed by atoms with Crippen molar-refractivity contribution < 1.29 is 9.84 Å². The highest BCUT2D eigenvalue weighted by Gasteiger charge is 2.42. The molecule has 24 heavy (non-hydrogen) atoms. The second-order valence-corrected chi connectivity index (χ2v) is 7.24. The van der Waals surface area contributed by atoms with Crippen LogP contribution in [0.4, 0.5) is 0 Å². The molecule has 0 radical (unpaired) electrons. The summed E-state index contributed by atoms with van der Waals surface area (Å²) in [6.07, 6.45) is 2.29. The maximum Gasteiger partial charge on any atom is 0.124 e. The van der Waals surface area contributed by atoms with Gasteiger partial charge in [0.15, 0.2) is 0 Å². The molecule has 0 saturated carbocycles. The first kappa shape index (κ1) is 15.8. The number of hydrogen-bond donors (Lipinski definition) is 2. The van der Waals surface area contributed by atoms with E-state index in [0.29, 0.717) is 19.3 Å². The number of nitrogens with one attached hydrogen (secondary N) is 1. The van der Waals surface area contributed by atoms with Crippen molar-refractivity contribution in [2.24, 2.45) is 5.41 Å². The highest BCUT2D eigenvalue weighted by molar-refractivity contribution is 5.61. The van der Waals surface area contributed by atoms with Crippen LogP contribution in [0, 0.1) is 12.3 Å². The molecular weight excluding hydrogens is 302 g/mol. The summed E-state index contributed by atoms with van der Waals surface area (Å²) in [5, 5.41) is 9.72. The van der Waals surface area contributed by atoms with Crippen LogP contribution < -0.4 is 0 Å². The molecule has 2 aliphatic heterocycles. The summed E-state index contributed by atoms with van der Waals surface area (Å²) in [7, 11) is 0. The summed E-state index contributed by atoms with van der Waals surface area (Å²) < 4.78 is 5.35. The second kappa shape index (κ2) is 6.31. The number of imidazole rings is 1. The molecule has 0 bridgehead atoms. The van der Waals surface area contributed by atoms with Crippen molar-refractivity contribution in [3.63, 3.8) is 0 Å². The van der Waals surface area contributed by atoms with Crippen LogP contribution >= 0.6 is 0 Å². The monoisotopic (exact) mass is 327 g/mol. The van der Waals surface area contributed by atoms with Gasteiger partial charge in [0.25, 0.3) is 0 Å². The van der Waals surface area contributed by atoms with Crippen molar-refractivity contribution in [1.29, 1.82) is 0 Å². The molecule has 0 amide bonds. The van der Waals surface area contributed by atoms with Crippen LogP contribution in [0.25, 0.3) is 11.3 Å². The van der Waals surface area contributed by atoms with Gasteiger partial charge in [-0.2, -0.15) is 0 Å². The van der Waals surface area contributed by atoms with E-state index in [4.69, 9.17) is 9.72 Å². The molecule has 1 aromatic carbocycles. The van der Waals surface area contributed by atoms with E-state index in [1.165, 1.54) is 6.42 Å². The van der Waals surface area contributed by atoms with Gasteiger partial charge in [-0.15, -0.1) is 0 Å². The number of nitrogens with zero attached hydrogens (tertiary/aromatic N) is 2. The highest BCUT2D eigenvalue weighted by Crippen LogP contribution is 2.37. The Morgan fingerprint density at radius 2 is 2.12 bits per heavy atom. The summed E-state index contributed by atoms with van der Waals surface area (Å²) >= 11 is 0. The number of aliphatic hydroxyl groups is 1. The molecule has 3 heterocycles. The number of hydrogen-bond acceptors (Lipinski definition) is 4. The topological polar surface area (TPSA) is 61.4 Å². The number of H-pyrrole nitrogens is 1. The van der Waals surface area contributed by atoms with E-state index < -0.39 is 0 Å². The molecule has 2 aromatic rings. The van der Waals surface area contributed by atoms with Crippen molar-refractivity contribution in [3.05, 3.63) is 41.9 Å². The largest absolute Gasteiger partial charge is 0.396 e. The zero-order valence-electron chi connectivity index (χ0n) is 14.2. The van der Waals surface area contributed by atoms with E-state index in [1.54, 1.807) is 0 Å². The molecule has 1 aromatic heterocycles. The molecule has 2 aliphatic rings. The Morgan fingerprint density at radius 3 is 2.79 bits per heavy atom. The lowest BCUT2D eigenvalue weighted by atomic mass is 9.86. The quantitative estimate of drug-likeness (QED) is 0.886. The van der Waals surface area contributed by atoms with Crippen molar-refractivity contribution in [3.8, 4) is 11.3 Å². The third-order valence-corrected chi connectivity index (χ3v) is 5.32. The van der Waals surface area contributed by atoms with Crippen LogP contribution in [0.5, 0.6) is 0 Å². The molecular formula is C19H25N3O2. The van der Waals surface area contributed by atoms with Gasteiger partial charge in [-0.25, -0.2) is 4.98 Å². The first-order chi connectivity index (χ1) is 11.7. The van der Waals surface area contributed by atoms with Gasteiger partial charge in [0.05, 0.1) is 37.0 Å². The summed E-state index contributed by atoms with van der Waals surface area (Å²) in [5.41, 5.74) is 3.24. The van der Waals surface area contributed by atoms with E-state index >= 15 is 0 Å². The number of rotatable bonds is 5. The molecule has 128 valence electrons. The zero-order chi connectivity index (χ0) is 16.6. The molecule has 5 heteroatoms. The normalized spacial score (nSPS) is 23.3. The van der Waals surface area contributed by atoms with Gasteiger partial charge in [-0.05, 0) is 26.3 Å². The maximum atomic E-state index is 9.72. The molecule has 1 unspecified atom stereocenters.